The molecule has 0 saturated carbocycles. The van der Waals surface area contributed by atoms with Gasteiger partial charge in [-0.25, -0.2) is 0 Å². The largest absolute Gasteiger partial charge is 0.493 e. The number of esters is 1. The van der Waals surface area contributed by atoms with Gasteiger partial charge in [0.1, 0.15) is 0 Å². The smallest absolute Gasteiger partial charge is 0.310 e. The van der Waals surface area contributed by atoms with Crippen molar-refractivity contribution in [2.75, 3.05) is 27.6 Å². The maximum Gasteiger partial charge on any atom is 0.310 e. The molecule has 1 saturated heterocycles. The molecule has 0 aromatic heterocycles. The number of methoxy groups -OCH3 is 2. The van der Waals surface area contributed by atoms with Crippen LogP contribution < -0.4 is 18.9 Å². The van der Waals surface area contributed by atoms with Gasteiger partial charge >= 0.3 is 5.97 Å². The van der Waals surface area contributed by atoms with Gasteiger partial charge < -0.3 is 23.7 Å². The number of rotatable bonds is 3. The van der Waals surface area contributed by atoms with Crippen molar-refractivity contribution in [2.45, 2.75) is 12.3 Å². The number of carbonyl (C=O) groups excluding carboxylic acids is 1. The molecule has 2 heterocycles. The molecule has 3 aliphatic rings. The van der Waals surface area contributed by atoms with E-state index in [-0.39, 0.29) is 30.5 Å². The summed E-state index contributed by atoms with van der Waals surface area (Å²) in [5.74, 6) is 2.48. The van der Waals surface area contributed by atoms with Crippen molar-refractivity contribution >= 4 is 5.97 Å². The lowest BCUT2D eigenvalue weighted by atomic mass is 9.67. The van der Waals surface area contributed by atoms with Crippen LogP contribution in [0.2, 0.25) is 0 Å². The van der Waals surface area contributed by atoms with Crippen LogP contribution in [0.3, 0.4) is 0 Å². The van der Waals surface area contributed by atoms with E-state index in [2.05, 4.69) is 0 Å². The Bertz CT molecular complexity index is 921. The molecule has 2 aromatic carbocycles. The van der Waals surface area contributed by atoms with Crippen molar-refractivity contribution in [2.24, 2.45) is 11.8 Å². The van der Waals surface area contributed by atoms with Gasteiger partial charge in [-0.2, -0.15) is 0 Å². The van der Waals surface area contributed by atoms with E-state index >= 15 is 0 Å². The first-order valence-electron chi connectivity index (χ1n) is 9.00. The van der Waals surface area contributed by atoms with E-state index in [9.17, 15) is 4.79 Å². The molecule has 27 heavy (non-hydrogen) atoms. The number of carbonyl (C=O) groups is 1. The van der Waals surface area contributed by atoms with Crippen LogP contribution in [0.5, 0.6) is 23.0 Å². The fourth-order valence-corrected chi connectivity index (χ4v) is 4.55. The minimum absolute atomic E-state index is 0.122. The second-order valence-corrected chi connectivity index (χ2v) is 7.12. The fourth-order valence-electron chi connectivity index (χ4n) is 4.55. The molecule has 1 aliphatic carbocycles. The molecule has 0 radical (unpaired) electrons. The molecule has 3 unspecified atom stereocenters. The molecule has 2 aliphatic heterocycles. The van der Waals surface area contributed by atoms with Crippen molar-refractivity contribution in [1.82, 2.24) is 0 Å². The Kier molecular flexibility index (Phi) is 3.67. The zero-order chi connectivity index (χ0) is 18.5. The summed E-state index contributed by atoms with van der Waals surface area (Å²) in [7, 11) is 3.22. The van der Waals surface area contributed by atoms with Crippen LogP contribution in [0.1, 0.15) is 22.6 Å². The van der Waals surface area contributed by atoms with Crippen LogP contribution in [0.25, 0.3) is 0 Å². The molecule has 6 heteroatoms. The van der Waals surface area contributed by atoms with E-state index in [1.165, 1.54) is 5.56 Å². The monoisotopic (exact) mass is 368 g/mol. The molecule has 2 aromatic rings. The zero-order valence-electron chi connectivity index (χ0n) is 15.2. The summed E-state index contributed by atoms with van der Waals surface area (Å²) in [6.45, 7) is 0.690. The molecule has 1 fully saturated rings. The maximum absolute atomic E-state index is 12.6. The molecular formula is C21H20O6. The van der Waals surface area contributed by atoms with E-state index in [4.69, 9.17) is 23.7 Å². The lowest BCUT2D eigenvalue weighted by Gasteiger charge is -2.33. The molecule has 0 spiro atoms. The first-order chi connectivity index (χ1) is 13.2. The number of fused-ring (bicyclic) bond motifs is 3. The molecular weight excluding hydrogens is 348 g/mol. The van der Waals surface area contributed by atoms with Crippen LogP contribution in [0.4, 0.5) is 0 Å². The summed E-state index contributed by atoms with van der Waals surface area (Å²) in [5, 5.41) is 0. The Labute approximate surface area is 156 Å². The van der Waals surface area contributed by atoms with Crippen LogP contribution in [0.15, 0.2) is 30.3 Å². The standard InChI is InChI=1S/C21H20O6/c1-23-15-4-3-11(6-16(15)24-2)19-14-8-18-17(26-10-27-18)7-12(14)5-13-9-25-21(22)20(13)19/h3-4,6-8,13,19-20H,5,9-10H2,1-2H3. The lowest BCUT2D eigenvalue weighted by molar-refractivity contribution is -0.141. The summed E-state index contributed by atoms with van der Waals surface area (Å²) in [6.07, 6.45) is 0.798. The minimum Gasteiger partial charge on any atom is -0.493 e. The Morgan fingerprint density at radius 1 is 0.963 bits per heavy atom. The highest BCUT2D eigenvalue weighted by molar-refractivity contribution is 5.78. The normalized spacial score (nSPS) is 24.8. The van der Waals surface area contributed by atoms with Crippen LogP contribution in [-0.2, 0) is 16.0 Å². The Morgan fingerprint density at radius 3 is 2.52 bits per heavy atom. The third-order valence-corrected chi connectivity index (χ3v) is 5.80. The quantitative estimate of drug-likeness (QED) is 0.777. The van der Waals surface area contributed by atoms with Gasteiger partial charge in [-0.3, -0.25) is 4.79 Å². The third kappa shape index (κ3) is 2.43. The summed E-state index contributed by atoms with van der Waals surface area (Å²) in [5.41, 5.74) is 3.27. The van der Waals surface area contributed by atoms with E-state index in [0.29, 0.717) is 18.1 Å². The van der Waals surface area contributed by atoms with Crippen molar-refractivity contribution in [3.63, 3.8) is 0 Å². The van der Waals surface area contributed by atoms with E-state index in [1.54, 1.807) is 14.2 Å². The average molecular weight is 368 g/mol. The van der Waals surface area contributed by atoms with Gasteiger partial charge in [0.25, 0.3) is 0 Å². The van der Waals surface area contributed by atoms with Gasteiger partial charge in [0, 0.05) is 11.8 Å². The van der Waals surface area contributed by atoms with E-state index < -0.39 is 0 Å². The number of hydrogen-bond donors (Lipinski definition) is 0. The predicted molar refractivity (Wildman–Crippen MR) is 95.6 cm³/mol. The zero-order valence-corrected chi connectivity index (χ0v) is 15.2. The lowest BCUT2D eigenvalue weighted by Crippen LogP contribution is -2.31. The van der Waals surface area contributed by atoms with Crippen molar-refractivity contribution in [3.05, 3.63) is 47.0 Å². The number of ether oxygens (including phenoxy) is 5. The van der Waals surface area contributed by atoms with Gasteiger partial charge in [0.05, 0.1) is 26.7 Å². The Morgan fingerprint density at radius 2 is 1.74 bits per heavy atom. The first kappa shape index (κ1) is 16.3. The predicted octanol–water partition coefficient (Wildman–Crippen LogP) is 2.91. The molecule has 5 rings (SSSR count). The van der Waals surface area contributed by atoms with E-state index in [0.717, 1.165) is 29.0 Å². The molecule has 0 N–H and O–H groups in total. The molecule has 3 atom stereocenters. The SMILES string of the molecule is COc1ccc(C2c3cc4c(cc3CC3COC(=O)C32)OCO4)cc1OC. The minimum atomic E-state index is -0.212. The highest BCUT2D eigenvalue weighted by Gasteiger charge is 2.48. The number of benzene rings is 2. The van der Waals surface area contributed by atoms with Crippen LogP contribution in [-0.4, -0.2) is 33.6 Å². The maximum atomic E-state index is 12.6. The first-order valence-corrected chi connectivity index (χ1v) is 9.00. The summed E-state index contributed by atoms with van der Waals surface area (Å²) >= 11 is 0. The van der Waals surface area contributed by atoms with E-state index in [1.807, 2.05) is 30.3 Å². The second-order valence-electron chi connectivity index (χ2n) is 7.12. The van der Waals surface area contributed by atoms with Crippen molar-refractivity contribution < 1.29 is 28.5 Å². The van der Waals surface area contributed by atoms with Gasteiger partial charge in [-0.1, -0.05) is 6.07 Å². The topological polar surface area (TPSA) is 63.2 Å². The highest BCUT2D eigenvalue weighted by atomic mass is 16.7. The molecule has 0 amide bonds. The van der Waals surface area contributed by atoms with Crippen LogP contribution in [0, 0.1) is 11.8 Å². The van der Waals surface area contributed by atoms with Crippen LogP contribution >= 0.6 is 0 Å². The number of hydrogen-bond acceptors (Lipinski definition) is 6. The molecule has 140 valence electrons. The average Bonchev–Trinajstić information content (AvgIpc) is 3.30. The summed E-state index contributed by atoms with van der Waals surface area (Å²) in [4.78, 5) is 12.6. The molecule has 0 bridgehead atoms. The van der Waals surface area contributed by atoms with Gasteiger partial charge in [0.15, 0.2) is 23.0 Å². The summed E-state index contributed by atoms with van der Waals surface area (Å²) in [6, 6.07) is 9.89. The number of cyclic esters (lactones) is 1. The summed E-state index contributed by atoms with van der Waals surface area (Å²) < 4.78 is 27.4. The third-order valence-electron chi connectivity index (χ3n) is 5.80. The molecule has 6 nitrogen and oxygen atoms in total. The van der Waals surface area contributed by atoms with Crippen molar-refractivity contribution in [3.8, 4) is 23.0 Å². The highest BCUT2D eigenvalue weighted by Crippen LogP contribution is 2.51. The Hall–Kier alpha value is -2.89. The van der Waals surface area contributed by atoms with Gasteiger partial charge in [-0.05, 0) is 47.4 Å². The Balaban J connectivity index is 1.68. The fraction of sp³-hybridized carbons (Fsp3) is 0.381. The van der Waals surface area contributed by atoms with Gasteiger partial charge in [-0.15, -0.1) is 0 Å². The van der Waals surface area contributed by atoms with Crippen molar-refractivity contribution in [1.29, 1.82) is 0 Å². The van der Waals surface area contributed by atoms with Gasteiger partial charge in [0.2, 0.25) is 6.79 Å². The second kappa shape index (κ2) is 6.08.